The average molecular weight is 274 g/mol. The fraction of sp³-hybridized carbons (Fsp3) is 0.462. The van der Waals surface area contributed by atoms with Gasteiger partial charge in [0.05, 0.1) is 17.9 Å². The zero-order chi connectivity index (χ0) is 14.1. The number of carbonyl (C=O) groups excluding carboxylic acids is 1. The Morgan fingerprint density at radius 3 is 3.10 bits per heavy atom. The lowest BCUT2D eigenvalue weighted by Gasteiger charge is -2.13. The summed E-state index contributed by atoms with van der Waals surface area (Å²) in [6, 6.07) is 1.80. The molecule has 2 aromatic heterocycles. The molecule has 0 aromatic carbocycles. The second-order valence-corrected chi connectivity index (χ2v) is 5.28. The lowest BCUT2D eigenvalue weighted by Crippen LogP contribution is -2.36. The molecule has 3 rings (SSSR count). The van der Waals surface area contributed by atoms with Gasteiger partial charge in [-0.05, 0) is 25.8 Å². The van der Waals surface area contributed by atoms with Gasteiger partial charge in [0.2, 0.25) is 0 Å². The van der Waals surface area contributed by atoms with Crippen LogP contribution >= 0.6 is 0 Å². The number of anilines is 1. The van der Waals surface area contributed by atoms with Crippen LogP contribution in [0.25, 0.3) is 0 Å². The Labute approximate surface area is 116 Å². The van der Waals surface area contributed by atoms with Gasteiger partial charge in [0.1, 0.15) is 0 Å². The molecule has 0 spiro atoms. The van der Waals surface area contributed by atoms with Crippen LogP contribution < -0.4 is 11.1 Å². The maximum atomic E-state index is 12.2. The third-order valence-electron chi connectivity index (χ3n) is 3.43. The fourth-order valence-corrected chi connectivity index (χ4v) is 2.25. The summed E-state index contributed by atoms with van der Waals surface area (Å²) in [6.07, 6.45) is 5.80. The number of amides is 1. The van der Waals surface area contributed by atoms with E-state index in [0.29, 0.717) is 23.8 Å². The van der Waals surface area contributed by atoms with Crippen LogP contribution in [0.5, 0.6) is 0 Å². The van der Waals surface area contributed by atoms with Gasteiger partial charge in [0.15, 0.2) is 5.69 Å². The van der Waals surface area contributed by atoms with Gasteiger partial charge in [-0.15, -0.1) is 0 Å². The summed E-state index contributed by atoms with van der Waals surface area (Å²) in [7, 11) is 0. The highest BCUT2D eigenvalue weighted by Crippen LogP contribution is 2.42. The Bertz CT molecular complexity index is 598. The van der Waals surface area contributed by atoms with Crippen LogP contribution in [0.15, 0.2) is 18.5 Å². The minimum absolute atomic E-state index is 0.0529. The number of hydrogen-bond acceptors (Lipinski definition) is 4. The van der Waals surface area contributed by atoms with E-state index in [0.717, 1.165) is 18.5 Å². The van der Waals surface area contributed by atoms with Crippen molar-refractivity contribution in [3.05, 3.63) is 29.8 Å². The van der Waals surface area contributed by atoms with Gasteiger partial charge in [-0.3, -0.25) is 14.6 Å². The quantitative estimate of drug-likeness (QED) is 0.753. The summed E-state index contributed by atoms with van der Waals surface area (Å²) in [5.41, 5.74) is 7.66. The zero-order valence-corrected chi connectivity index (χ0v) is 11.3. The molecule has 1 amide bonds. The average Bonchev–Trinajstić information content (AvgIpc) is 2.97. The number of aromatic amines is 1. The van der Waals surface area contributed by atoms with Crippen LogP contribution in [-0.2, 0) is 6.54 Å². The van der Waals surface area contributed by atoms with Crippen LogP contribution in [0.1, 0.15) is 41.9 Å². The summed E-state index contributed by atoms with van der Waals surface area (Å²) in [4.78, 5) is 12.2. The first-order chi connectivity index (χ1) is 9.65. The molecule has 7 nitrogen and oxygen atoms in total. The van der Waals surface area contributed by atoms with Gasteiger partial charge >= 0.3 is 0 Å². The monoisotopic (exact) mass is 274 g/mol. The Balaban J connectivity index is 1.63. The van der Waals surface area contributed by atoms with E-state index in [1.165, 1.54) is 0 Å². The highest BCUT2D eigenvalue weighted by atomic mass is 16.2. The zero-order valence-electron chi connectivity index (χ0n) is 11.3. The van der Waals surface area contributed by atoms with Crippen LogP contribution in [0.2, 0.25) is 0 Å². The van der Waals surface area contributed by atoms with Gasteiger partial charge < -0.3 is 11.1 Å². The van der Waals surface area contributed by atoms with Crippen molar-refractivity contribution in [3.63, 3.8) is 0 Å². The number of nitrogens with zero attached hydrogens (tertiary/aromatic N) is 3. The standard InChI is InChI=1S/C13H18N6O/c1-8(7-19-6-2-5-15-19)16-13(20)12-10(14)11(17-18-12)9-3-4-9/h2,5-6,8-9H,3-4,7,14H2,1H3,(H,16,20)(H,17,18). The van der Waals surface area contributed by atoms with E-state index in [4.69, 9.17) is 5.73 Å². The van der Waals surface area contributed by atoms with Gasteiger partial charge in [0.25, 0.3) is 5.91 Å². The van der Waals surface area contributed by atoms with E-state index in [1.54, 1.807) is 10.9 Å². The summed E-state index contributed by atoms with van der Waals surface area (Å²) in [6.45, 7) is 2.53. The minimum Gasteiger partial charge on any atom is -0.395 e. The fourth-order valence-electron chi connectivity index (χ4n) is 2.25. The molecule has 2 aromatic rings. The van der Waals surface area contributed by atoms with E-state index >= 15 is 0 Å². The molecular formula is C13H18N6O. The number of H-pyrrole nitrogens is 1. The van der Waals surface area contributed by atoms with Crippen LogP contribution in [0.3, 0.4) is 0 Å². The number of nitrogens with one attached hydrogen (secondary N) is 2. The smallest absolute Gasteiger partial charge is 0.274 e. The van der Waals surface area contributed by atoms with E-state index in [-0.39, 0.29) is 11.9 Å². The summed E-state index contributed by atoms with van der Waals surface area (Å²) in [5.74, 6) is 0.204. The summed E-state index contributed by atoms with van der Waals surface area (Å²) < 4.78 is 1.77. The van der Waals surface area contributed by atoms with Gasteiger partial charge in [-0.1, -0.05) is 0 Å². The minimum atomic E-state index is -0.245. The molecule has 2 heterocycles. The molecule has 0 bridgehead atoms. The maximum Gasteiger partial charge on any atom is 0.274 e. The van der Waals surface area contributed by atoms with Crippen molar-refractivity contribution < 1.29 is 4.79 Å². The number of nitrogens with two attached hydrogens (primary N) is 1. The van der Waals surface area contributed by atoms with Crippen molar-refractivity contribution in [2.45, 2.75) is 38.3 Å². The first-order valence-electron chi connectivity index (χ1n) is 6.77. The normalized spacial score (nSPS) is 16.1. The van der Waals surface area contributed by atoms with E-state index in [2.05, 4.69) is 20.6 Å². The van der Waals surface area contributed by atoms with Gasteiger partial charge in [-0.2, -0.15) is 10.2 Å². The Morgan fingerprint density at radius 2 is 2.45 bits per heavy atom. The second kappa shape index (κ2) is 4.99. The molecule has 20 heavy (non-hydrogen) atoms. The number of carbonyl (C=O) groups is 1. The first-order valence-corrected chi connectivity index (χ1v) is 6.77. The predicted octanol–water partition coefficient (Wildman–Crippen LogP) is 0.884. The first kappa shape index (κ1) is 12.7. The number of rotatable bonds is 5. The molecule has 1 atom stereocenters. The van der Waals surface area contributed by atoms with Gasteiger partial charge in [0, 0.05) is 24.4 Å². The molecule has 1 saturated carbocycles. The number of hydrogen-bond donors (Lipinski definition) is 3. The van der Waals surface area contributed by atoms with Crippen molar-refractivity contribution in [1.29, 1.82) is 0 Å². The van der Waals surface area contributed by atoms with Crippen LogP contribution in [0.4, 0.5) is 5.69 Å². The van der Waals surface area contributed by atoms with E-state index in [9.17, 15) is 4.79 Å². The molecule has 106 valence electrons. The van der Waals surface area contributed by atoms with Crippen molar-refractivity contribution in [1.82, 2.24) is 25.3 Å². The lowest BCUT2D eigenvalue weighted by atomic mass is 10.2. The Hall–Kier alpha value is -2.31. The van der Waals surface area contributed by atoms with Crippen LogP contribution in [-0.4, -0.2) is 31.9 Å². The topological polar surface area (TPSA) is 102 Å². The van der Waals surface area contributed by atoms with E-state index < -0.39 is 0 Å². The highest BCUT2D eigenvalue weighted by Gasteiger charge is 2.30. The largest absolute Gasteiger partial charge is 0.395 e. The molecule has 1 unspecified atom stereocenters. The molecule has 1 aliphatic carbocycles. The van der Waals surface area contributed by atoms with Crippen molar-refractivity contribution in [3.8, 4) is 0 Å². The van der Waals surface area contributed by atoms with Crippen molar-refractivity contribution >= 4 is 11.6 Å². The Morgan fingerprint density at radius 1 is 1.65 bits per heavy atom. The second-order valence-electron chi connectivity index (χ2n) is 5.28. The molecule has 0 saturated heterocycles. The molecule has 1 fully saturated rings. The SMILES string of the molecule is CC(Cn1cccn1)NC(=O)c1n[nH]c(C2CC2)c1N. The van der Waals surface area contributed by atoms with E-state index in [1.807, 2.05) is 19.2 Å². The van der Waals surface area contributed by atoms with Gasteiger partial charge in [-0.25, -0.2) is 0 Å². The Kier molecular flexibility index (Phi) is 3.17. The van der Waals surface area contributed by atoms with Crippen molar-refractivity contribution in [2.24, 2.45) is 0 Å². The van der Waals surface area contributed by atoms with Crippen molar-refractivity contribution in [2.75, 3.05) is 5.73 Å². The lowest BCUT2D eigenvalue weighted by molar-refractivity contribution is 0.0932. The third-order valence-corrected chi connectivity index (χ3v) is 3.43. The molecule has 0 aliphatic heterocycles. The number of aromatic nitrogens is 4. The highest BCUT2D eigenvalue weighted by molar-refractivity contribution is 5.97. The molecular weight excluding hydrogens is 256 g/mol. The van der Waals surface area contributed by atoms with Crippen LogP contribution in [0, 0.1) is 0 Å². The maximum absolute atomic E-state index is 12.2. The summed E-state index contributed by atoms with van der Waals surface area (Å²) in [5, 5.41) is 13.9. The molecule has 1 aliphatic rings. The molecule has 0 radical (unpaired) electrons. The third kappa shape index (κ3) is 2.52. The number of nitrogen functional groups attached to an aromatic ring is 1. The summed E-state index contributed by atoms with van der Waals surface area (Å²) >= 11 is 0. The molecule has 4 N–H and O–H groups in total. The molecule has 7 heteroatoms. The predicted molar refractivity (Wildman–Crippen MR) is 74.1 cm³/mol.